The van der Waals surface area contributed by atoms with Crippen molar-refractivity contribution in [3.8, 4) is 5.69 Å². The summed E-state index contributed by atoms with van der Waals surface area (Å²) in [5, 5.41) is 0. The fourth-order valence-electron chi connectivity index (χ4n) is 3.34. The first-order valence-electron chi connectivity index (χ1n) is 9.04. The van der Waals surface area contributed by atoms with E-state index in [1.807, 2.05) is 36.8 Å². The van der Waals surface area contributed by atoms with Crippen LogP contribution in [0.25, 0.3) is 5.69 Å². The average molecular weight is 355 g/mol. The fourth-order valence-corrected chi connectivity index (χ4v) is 3.34. The first-order chi connectivity index (χ1) is 13.2. The molecule has 0 aliphatic heterocycles. The number of imidazole rings is 1. The second kappa shape index (κ2) is 7.46. The molecule has 0 spiro atoms. The summed E-state index contributed by atoms with van der Waals surface area (Å²) in [7, 11) is 0. The lowest BCUT2D eigenvalue weighted by molar-refractivity contribution is 0.709. The van der Waals surface area contributed by atoms with E-state index < -0.39 is 0 Å². The van der Waals surface area contributed by atoms with E-state index >= 15 is 0 Å². The molecule has 0 saturated heterocycles. The zero-order valence-electron chi connectivity index (χ0n) is 15.2. The Kier molecular flexibility index (Phi) is 4.71. The summed E-state index contributed by atoms with van der Waals surface area (Å²) in [6.07, 6.45) is 5.60. The summed E-state index contributed by atoms with van der Waals surface area (Å²) in [5.74, 6) is 0.274. The summed E-state index contributed by atoms with van der Waals surface area (Å²) < 4.78 is 3.82. The predicted molar refractivity (Wildman–Crippen MR) is 107 cm³/mol. The van der Waals surface area contributed by atoms with E-state index in [9.17, 15) is 4.79 Å². The van der Waals surface area contributed by atoms with Crippen molar-refractivity contribution in [3.05, 3.63) is 119 Å². The SMILES string of the molecule is CC(c1ccccc1)c1cncn1Cc1ccc(-n2ccccc2=O)cc1. The maximum absolute atomic E-state index is 12.0. The molecule has 0 radical (unpaired) electrons. The Morgan fingerprint density at radius 1 is 0.926 bits per heavy atom. The van der Waals surface area contributed by atoms with E-state index in [1.54, 1.807) is 22.9 Å². The minimum Gasteiger partial charge on any atom is -0.330 e. The van der Waals surface area contributed by atoms with E-state index in [0.717, 1.165) is 12.2 Å². The molecule has 27 heavy (non-hydrogen) atoms. The topological polar surface area (TPSA) is 39.8 Å². The van der Waals surface area contributed by atoms with Crippen LogP contribution in [0.15, 0.2) is 96.3 Å². The minimum atomic E-state index is -0.0289. The Bertz CT molecular complexity index is 1080. The van der Waals surface area contributed by atoms with Gasteiger partial charge in [-0.05, 0) is 29.3 Å². The van der Waals surface area contributed by atoms with Gasteiger partial charge in [0.15, 0.2) is 0 Å². The molecule has 0 amide bonds. The highest BCUT2D eigenvalue weighted by Crippen LogP contribution is 2.24. The van der Waals surface area contributed by atoms with Crippen molar-refractivity contribution in [1.29, 1.82) is 0 Å². The number of hydrogen-bond donors (Lipinski definition) is 0. The Morgan fingerprint density at radius 3 is 2.41 bits per heavy atom. The molecule has 2 aromatic carbocycles. The second-order valence-corrected chi connectivity index (χ2v) is 6.65. The molecule has 2 heterocycles. The van der Waals surface area contributed by atoms with Gasteiger partial charge in [0, 0.05) is 42.3 Å². The maximum atomic E-state index is 12.0. The maximum Gasteiger partial charge on any atom is 0.255 e. The van der Waals surface area contributed by atoms with Gasteiger partial charge in [-0.25, -0.2) is 4.98 Å². The molecule has 2 aromatic heterocycles. The van der Waals surface area contributed by atoms with Gasteiger partial charge in [0.05, 0.1) is 6.33 Å². The van der Waals surface area contributed by atoms with Gasteiger partial charge in [-0.1, -0.05) is 55.5 Å². The zero-order chi connectivity index (χ0) is 18.6. The van der Waals surface area contributed by atoms with E-state index in [0.29, 0.717) is 0 Å². The van der Waals surface area contributed by atoms with Gasteiger partial charge in [0.2, 0.25) is 0 Å². The Balaban J connectivity index is 1.57. The summed E-state index contributed by atoms with van der Waals surface area (Å²) in [6, 6.07) is 23.7. The van der Waals surface area contributed by atoms with Gasteiger partial charge in [-0.15, -0.1) is 0 Å². The molecule has 0 aliphatic carbocycles. The summed E-state index contributed by atoms with van der Waals surface area (Å²) in [5.41, 5.74) is 4.47. The lowest BCUT2D eigenvalue weighted by Crippen LogP contribution is -2.15. The largest absolute Gasteiger partial charge is 0.330 e. The van der Waals surface area contributed by atoms with Crippen molar-refractivity contribution in [2.24, 2.45) is 0 Å². The minimum absolute atomic E-state index is 0.0289. The molecule has 0 N–H and O–H groups in total. The van der Waals surface area contributed by atoms with Crippen LogP contribution in [0.3, 0.4) is 0 Å². The zero-order valence-corrected chi connectivity index (χ0v) is 15.2. The van der Waals surface area contributed by atoms with Crippen LogP contribution in [0.2, 0.25) is 0 Å². The van der Waals surface area contributed by atoms with Crippen LogP contribution in [-0.2, 0) is 6.54 Å². The van der Waals surface area contributed by atoms with Gasteiger partial charge in [-0.2, -0.15) is 0 Å². The van der Waals surface area contributed by atoms with Crippen LogP contribution in [0.1, 0.15) is 29.7 Å². The molecular weight excluding hydrogens is 334 g/mol. The van der Waals surface area contributed by atoms with Crippen LogP contribution in [0.4, 0.5) is 0 Å². The van der Waals surface area contributed by atoms with Crippen LogP contribution in [-0.4, -0.2) is 14.1 Å². The van der Waals surface area contributed by atoms with Gasteiger partial charge in [-0.3, -0.25) is 9.36 Å². The highest BCUT2D eigenvalue weighted by atomic mass is 16.1. The molecule has 4 rings (SSSR count). The quantitative estimate of drug-likeness (QED) is 0.537. The third kappa shape index (κ3) is 3.60. The average Bonchev–Trinajstić information content (AvgIpc) is 3.17. The molecule has 0 bridgehead atoms. The highest BCUT2D eigenvalue weighted by molar-refractivity contribution is 5.35. The summed E-state index contributed by atoms with van der Waals surface area (Å²) in [6.45, 7) is 2.95. The Morgan fingerprint density at radius 2 is 1.67 bits per heavy atom. The smallest absolute Gasteiger partial charge is 0.255 e. The molecule has 0 aliphatic rings. The van der Waals surface area contributed by atoms with Crippen molar-refractivity contribution in [3.63, 3.8) is 0 Å². The Labute approximate surface area is 158 Å². The van der Waals surface area contributed by atoms with Crippen molar-refractivity contribution >= 4 is 0 Å². The number of benzene rings is 2. The van der Waals surface area contributed by atoms with Crippen molar-refractivity contribution in [2.45, 2.75) is 19.4 Å². The first kappa shape index (κ1) is 17.0. The lowest BCUT2D eigenvalue weighted by atomic mass is 9.98. The van der Waals surface area contributed by atoms with Gasteiger partial charge >= 0.3 is 0 Å². The monoisotopic (exact) mass is 355 g/mol. The van der Waals surface area contributed by atoms with Crippen LogP contribution in [0, 0.1) is 0 Å². The van der Waals surface area contributed by atoms with E-state index in [4.69, 9.17) is 0 Å². The van der Waals surface area contributed by atoms with Crippen LogP contribution >= 0.6 is 0 Å². The van der Waals surface area contributed by atoms with E-state index in [-0.39, 0.29) is 11.5 Å². The second-order valence-electron chi connectivity index (χ2n) is 6.65. The molecule has 0 fully saturated rings. The predicted octanol–water partition coefficient (Wildman–Crippen LogP) is 4.23. The number of nitrogens with zero attached hydrogens (tertiary/aromatic N) is 3. The van der Waals surface area contributed by atoms with Gasteiger partial charge in [0.1, 0.15) is 0 Å². The molecule has 1 unspecified atom stereocenters. The number of rotatable bonds is 5. The fraction of sp³-hybridized carbons (Fsp3) is 0.130. The van der Waals surface area contributed by atoms with E-state index in [1.165, 1.54) is 16.8 Å². The highest BCUT2D eigenvalue weighted by Gasteiger charge is 2.13. The number of pyridine rings is 1. The molecule has 4 nitrogen and oxygen atoms in total. The summed E-state index contributed by atoms with van der Waals surface area (Å²) >= 11 is 0. The molecular formula is C23H21N3O. The third-order valence-electron chi connectivity index (χ3n) is 4.88. The normalized spacial score (nSPS) is 12.0. The lowest BCUT2D eigenvalue weighted by Gasteiger charge is -2.15. The molecule has 134 valence electrons. The van der Waals surface area contributed by atoms with E-state index in [2.05, 4.69) is 52.9 Å². The first-order valence-corrected chi connectivity index (χ1v) is 9.04. The number of hydrogen-bond acceptors (Lipinski definition) is 2. The number of aromatic nitrogens is 3. The molecule has 4 heteroatoms. The van der Waals surface area contributed by atoms with Crippen molar-refractivity contribution in [1.82, 2.24) is 14.1 Å². The van der Waals surface area contributed by atoms with Crippen LogP contribution < -0.4 is 5.56 Å². The van der Waals surface area contributed by atoms with Crippen LogP contribution in [0.5, 0.6) is 0 Å². The Hall–Kier alpha value is -3.40. The van der Waals surface area contributed by atoms with Crippen molar-refractivity contribution < 1.29 is 0 Å². The molecule has 4 aromatic rings. The van der Waals surface area contributed by atoms with Crippen molar-refractivity contribution in [2.75, 3.05) is 0 Å². The molecule has 1 atom stereocenters. The van der Waals surface area contributed by atoms with Gasteiger partial charge < -0.3 is 4.57 Å². The third-order valence-corrected chi connectivity index (χ3v) is 4.88. The molecule has 0 saturated carbocycles. The standard InChI is InChI=1S/C23H21N3O/c1-18(20-7-3-2-4-8-20)22-15-24-17-25(22)16-19-10-12-21(13-11-19)26-14-6-5-9-23(26)27/h2-15,17-18H,16H2,1H3. The summed E-state index contributed by atoms with van der Waals surface area (Å²) in [4.78, 5) is 16.3. The van der Waals surface area contributed by atoms with Gasteiger partial charge in [0.25, 0.3) is 5.56 Å².